The number of benzene rings is 2. The first kappa shape index (κ1) is 35.3. The number of hydrogen-bond acceptors (Lipinski definition) is 6. The molecule has 6 nitrogen and oxygen atoms in total. The van der Waals surface area contributed by atoms with Crippen LogP contribution in [0.15, 0.2) is 58.9 Å². The van der Waals surface area contributed by atoms with E-state index in [4.69, 9.17) is 4.84 Å². The lowest BCUT2D eigenvalue weighted by Gasteiger charge is -2.33. The van der Waals surface area contributed by atoms with Gasteiger partial charge in [0.25, 0.3) is 5.91 Å². The minimum Gasteiger partial charge on any atom is -0.338 e. The Bertz CT molecular complexity index is 1530. The first-order valence-electron chi connectivity index (χ1n) is 17.0. The van der Waals surface area contributed by atoms with E-state index in [1.165, 1.54) is 86.0 Å². The summed E-state index contributed by atoms with van der Waals surface area (Å²) in [4.78, 5) is 48.3. The van der Waals surface area contributed by atoms with Gasteiger partial charge in [-0.3, -0.25) is 19.4 Å². The van der Waals surface area contributed by atoms with Gasteiger partial charge in [0.05, 0.1) is 10.9 Å². The van der Waals surface area contributed by atoms with Crippen LogP contribution in [0.5, 0.6) is 0 Å². The minimum atomic E-state index is -0.528. The summed E-state index contributed by atoms with van der Waals surface area (Å²) in [5.74, 6) is -0.772. The number of thiophene rings is 1. The van der Waals surface area contributed by atoms with Crippen LogP contribution < -0.4 is 0 Å². The van der Waals surface area contributed by atoms with Crippen LogP contribution in [-0.2, 0) is 19.8 Å². The van der Waals surface area contributed by atoms with Gasteiger partial charge in [0.1, 0.15) is 0 Å². The van der Waals surface area contributed by atoms with E-state index in [0.717, 1.165) is 52.5 Å². The van der Waals surface area contributed by atoms with Crippen molar-refractivity contribution in [1.82, 2.24) is 5.06 Å². The van der Waals surface area contributed by atoms with Gasteiger partial charge in [-0.05, 0) is 71.2 Å². The average molecular weight is 643 g/mol. The quantitative estimate of drug-likeness (QED) is 0.0675. The van der Waals surface area contributed by atoms with Crippen LogP contribution >= 0.6 is 11.3 Å². The molecule has 7 heteroatoms. The second-order valence-electron chi connectivity index (χ2n) is 12.7. The molecule has 246 valence electrons. The highest BCUT2D eigenvalue weighted by Gasteiger charge is 2.43. The maximum Gasteiger partial charge on any atom is 0.329 e. The van der Waals surface area contributed by atoms with Crippen LogP contribution in [0.4, 0.5) is 0 Å². The van der Waals surface area contributed by atoms with Gasteiger partial charge in [-0.1, -0.05) is 95.5 Å². The van der Waals surface area contributed by atoms with Crippen LogP contribution in [0.25, 0.3) is 11.1 Å². The highest BCUT2D eigenvalue weighted by Crippen LogP contribution is 2.55. The molecule has 0 spiro atoms. The molecule has 1 aliphatic rings. The van der Waals surface area contributed by atoms with Gasteiger partial charge in [-0.15, -0.1) is 11.3 Å². The third kappa shape index (κ3) is 7.86. The van der Waals surface area contributed by atoms with Crippen molar-refractivity contribution in [3.63, 3.8) is 0 Å². The van der Waals surface area contributed by atoms with Crippen molar-refractivity contribution >= 4 is 34.7 Å². The summed E-state index contributed by atoms with van der Waals surface area (Å²) in [6, 6.07) is 16.5. The van der Waals surface area contributed by atoms with E-state index in [9.17, 15) is 14.4 Å². The molecule has 1 amide bonds. The molecule has 0 N–H and O–H groups in total. The number of hydroxylamine groups is 2. The summed E-state index contributed by atoms with van der Waals surface area (Å²) >= 11 is 1.49. The van der Waals surface area contributed by atoms with Gasteiger partial charge in [-0.2, -0.15) is 5.06 Å². The Balaban J connectivity index is 1.81. The van der Waals surface area contributed by atoms with Gasteiger partial charge in [0, 0.05) is 44.0 Å². The summed E-state index contributed by atoms with van der Waals surface area (Å²) in [5, 5.41) is 3.11. The molecular formula is C39H50N2O4S. The molecule has 0 fully saturated rings. The van der Waals surface area contributed by atoms with Crippen molar-refractivity contribution in [1.29, 1.82) is 0 Å². The largest absolute Gasteiger partial charge is 0.338 e. The maximum atomic E-state index is 13.6. The molecule has 1 atom stereocenters. The fraction of sp³-hybridized carbons (Fsp3) is 0.487. The van der Waals surface area contributed by atoms with Crippen molar-refractivity contribution in [2.45, 2.75) is 117 Å². The molecule has 0 radical (unpaired) electrons. The van der Waals surface area contributed by atoms with E-state index in [2.05, 4.69) is 49.2 Å². The summed E-state index contributed by atoms with van der Waals surface area (Å²) in [6.07, 6.45) is 11.9. The summed E-state index contributed by atoms with van der Waals surface area (Å²) in [5.41, 5.74) is 7.44. The first-order valence-corrected chi connectivity index (χ1v) is 17.9. The van der Waals surface area contributed by atoms with Crippen molar-refractivity contribution in [2.75, 3.05) is 7.05 Å². The van der Waals surface area contributed by atoms with Crippen molar-refractivity contribution < 1.29 is 19.2 Å². The van der Waals surface area contributed by atoms with E-state index < -0.39 is 5.97 Å². The first-order chi connectivity index (χ1) is 22.2. The molecule has 1 unspecified atom stereocenters. The molecule has 1 aliphatic carbocycles. The fourth-order valence-electron chi connectivity index (χ4n) is 7.04. The van der Waals surface area contributed by atoms with E-state index in [1.807, 2.05) is 30.5 Å². The Labute approximate surface area is 279 Å². The Morgan fingerprint density at radius 1 is 0.848 bits per heavy atom. The highest BCUT2D eigenvalue weighted by atomic mass is 32.1. The Hall–Kier alpha value is -3.58. The number of hydrogen-bond donors (Lipinski definition) is 0. The van der Waals surface area contributed by atoms with Gasteiger partial charge in [0.2, 0.25) is 5.78 Å². The zero-order valence-corrected chi connectivity index (χ0v) is 29.3. The maximum absolute atomic E-state index is 13.6. The lowest BCUT2D eigenvalue weighted by Crippen LogP contribution is -2.39. The van der Waals surface area contributed by atoms with Crippen molar-refractivity contribution in [3.05, 3.63) is 81.0 Å². The Kier molecular flexibility index (Phi) is 12.5. The lowest BCUT2D eigenvalue weighted by atomic mass is 9.70. The number of carbonyl (C=O) groups is 3. The van der Waals surface area contributed by atoms with E-state index in [0.29, 0.717) is 6.42 Å². The van der Waals surface area contributed by atoms with Gasteiger partial charge >= 0.3 is 5.97 Å². The molecule has 46 heavy (non-hydrogen) atoms. The average Bonchev–Trinajstić information content (AvgIpc) is 3.68. The standard InChI is InChI=1S/C39H50N2O4S/c1-7-9-11-13-21-39(22-14-12-10-8-2)34-25-30(36(40-6)24-27(3)41(28(4)42)45-29(5)43)17-19-32(34)33-20-18-31(26-35(33)39)38(44)37-16-15-23-46-37/h15-20,23,25-27H,7-14,21-22,24H2,1-6H3/b40-36-. The predicted octanol–water partition coefficient (Wildman–Crippen LogP) is 9.71. The van der Waals surface area contributed by atoms with Gasteiger partial charge in [-0.25, -0.2) is 0 Å². The minimum absolute atomic E-state index is 0.0810. The van der Waals surface area contributed by atoms with Crippen molar-refractivity contribution in [3.8, 4) is 11.1 Å². The van der Waals surface area contributed by atoms with Gasteiger partial charge in [0.15, 0.2) is 0 Å². The summed E-state index contributed by atoms with van der Waals surface area (Å²) in [7, 11) is 1.78. The summed E-state index contributed by atoms with van der Waals surface area (Å²) in [6.45, 7) is 9.07. The normalized spacial score (nSPS) is 14.0. The molecule has 0 aliphatic heterocycles. The van der Waals surface area contributed by atoms with Crippen LogP contribution in [-0.4, -0.2) is 41.5 Å². The van der Waals surface area contributed by atoms with E-state index in [-0.39, 0.29) is 23.1 Å². The Morgan fingerprint density at radius 2 is 1.43 bits per heavy atom. The predicted molar refractivity (Wildman–Crippen MR) is 189 cm³/mol. The number of unbranched alkanes of at least 4 members (excludes halogenated alkanes) is 6. The monoisotopic (exact) mass is 642 g/mol. The van der Waals surface area contributed by atoms with E-state index in [1.54, 1.807) is 7.05 Å². The molecule has 1 aromatic heterocycles. The zero-order valence-electron chi connectivity index (χ0n) is 28.5. The second-order valence-corrected chi connectivity index (χ2v) is 13.6. The molecule has 0 saturated carbocycles. The summed E-state index contributed by atoms with van der Waals surface area (Å²) < 4.78 is 0. The number of aliphatic imine (C=N–C) groups is 1. The molecule has 0 bridgehead atoms. The number of nitrogens with zero attached hydrogens (tertiary/aromatic N) is 2. The molecule has 0 saturated heterocycles. The fourth-order valence-corrected chi connectivity index (χ4v) is 7.73. The molecule has 2 aromatic carbocycles. The molecule has 4 rings (SSSR count). The zero-order chi connectivity index (χ0) is 33.3. The topological polar surface area (TPSA) is 76.0 Å². The van der Waals surface area contributed by atoms with Crippen LogP contribution in [0, 0.1) is 0 Å². The van der Waals surface area contributed by atoms with Crippen LogP contribution in [0.3, 0.4) is 0 Å². The number of ketones is 1. The number of rotatable bonds is 16. The van der Waals surface area contributed by atoms with E-state index >= 15 is 0 Å². The number of fused-ring (bicyclic) bond motifs is 3. The highest BCUT2D eigenvalue weighted by molar-refractivity contribution is 7.12. The van der Waals surface area contributed by atoms with Crippen molar-refractivity contribution in [2.24, 2.45) is 4.99 Å². The smallest absolute Gasteiger partial charge is 0.329 e. The SMILES string of the molecule is CCCCCCC1(CCCCCC)c2cc(C(=O)c3cccs3)ccc2-c2ccc(/C(CC(C)N(OC(C)=O)C(C)=O)=N\C)cc21. The number of carbonyl (C=O) groups excluding carboxylic acids is 3. The molecule has 1 heterocycles. The third-order valence-corrected chi connectivity index (χ3v) is 10.2. The lowest BCUT2D eigenvalue weighted by molar-refractivity contribution is -0.202. The second kappa shape index (κ2) is 16.3. The van der Waals surface area contributed by atoms with Crippen LogP contribution in [0.2, 0.25) is 0 Å². The molecule has 3 aromatic rings. The number of amides is 1. The van der Waals surface area contributed by atoms with Gasteiger partial charge < -0.3 is 4.84 Å². The third-order valence-electron chi connectivity index (χ3n) is 9.31. The molecular weight excluding hydrogens is 593 g/mol. The van der Waals surface area contributed by atoms with Crippen LogP contribution in [0.1, 0.15) is 137 Å². The Morgan fingerprint density at radius 3 is 1.93 bits per heavy atom.